The number of hydrogen-bond acceptors (Lipinski definition) is 0. The molecule has 170 valence electrons. The van der Waals surface area contributed by atoms with E-state index in [4.69, 9.17) is 18.0 Å². The summed E-state index contributed by atoms with van der Waals surface area (Å²) in [7, 11) is -1.97. The van der Waals surface area contributed by atoms with Gasteiger partial charge in [-0.15, -0.1) is 6.42 Å². The van der Waals surface area contributed by atoms with Gasteiger partial charge in [-0.05, 0) is 56.7 Å². The maximum Gasteiger partial charge on any atom is 0.169 e. The van der Waals surface area contributed by atoms with Crippen LogP contribution in [-0.4, -0.2) is 12.5 Å². The lowest BCUT2D eigenvalue weighted by Gasteiger charge is -2.44. The lowest BCUT2D eigenvalue weighted by Crippen LogP contribution is -2.51. The van der Waals surface area contributed by atoms with Crippen LogP contribution in [0, 0.1) is 12.3 Å². The number of aromatic nitrogens is 1. The largest absolute Gasteiger partial charge is 0.373 e. The van der Waals surface area contributed by atoms with Crippen LogP contribution < -0.4 is 0 Å². The van der Waals surface area contributed by atoms with Gasteiger partial charge in [0.15, 0.2) is 8.24 Å². The molecule has 1 aromatic heterocycles. The summed E-state index contributed by atoms with van der Waals surface area (Å²) in [4.78, 5) is 0. The van der Waals surface area contributed by atoms with Crippen LogP contribution >= 0.6 is 11.6 Å². The lowest BCUT2D eigenvalue weighted by molar-refractivity contribution is 0.771. The van der Waals surface area contributed by atoms with Crippen LogP contribution in [-0.2, 0) is 0 Å². The molecule has 0 aliphatic carbocycles. The average molecular weight is 472 g/mol. The standard InChI is InChI=1S/C30H34ClNSi/c1-8-25(27-15-11-13-23-12-9-10-14-26(23)27)29-19-32(30-17-16-24(31)18-28(29)30)33(20(2)3,21(4)5)22(6)7/h1,9-22,25H,2-7H3/t25-/m1/s1. The van der Waals surface area contributed by atoms with Crippen LogP contribution in [0.3, 0.4) is 0 Å². The van der Waals surface area contributed by atoms with Crippen molar-refractivity contribution in [3.05, 3.63) is 83.0 Å². The molecule has 1 atom stereocenters. The van der Waals surface area contributed by atoms with E-state index in [1.807, 2.05) is 6.07 Å². The van der Waals surface area contributed by atoms with Crippen LogP contribution in [0.4, 0.5) is 0 Å². The third kappa shape index (κ3) is 3.72. The molecule has 4 rings (SSSR count). The van der Waals surface area contributed by atoms with E-state index in [-0.39, 0.29) is 5.92 Å². The fourth-order valence-electron chi connectivity index (χ4n) is 6.46. The highest BCUT2D eigenvalue weighted by Crippen LogP contribution is 2.46. The molecule has 3 heteroatoms. The van der Waals surface area contributed by atoms with E-state index in [0.29, 0.717) is 16.6 Å². The van der Waals surface area contributed by atoms with Crippen LogP contribution in [0.15, 0.2) is 66.9 Å². The Balaban J connectivity index is 2.07. The van der Waals surface area contributed by atoms with E-state index < -0.39 is 8.24 Å². The minimum atomic E-state index is -1.97. The summed E-state index contributed by atoms with van der Waals surface area (Å²) in [5.74, 6) is 3.01. The quantitative estimate of drug-likeness (QED) is 0.195. The fourth-order valence-corrected chi connectivity index (χ4v) is 13.3. The van der Waals surface area contributed by atoms with Crippen molar-refractivity contribution in [3.8, 4) is 12.3 Å². The van der Waals surface area contributed by atoms with Gasteiger partial charge in [0, 0.05) is 22.1 Å². The summed E-state index contributed by atoms with van der Waals surface area (Å²) >= 11 is 6.54. The van der Waals surface area contributed by atoms with E-state index in [1.54, 1.807) is 0 Å². The minimum absolute atomic E-state index is 0.142. The first-order valence-electron chi connectivity index (χ1n) is 12.0. The molecule has 0 saturated carbocycles. The van der Waals surface area contributed by atoms with Crippen molar-refractivity contribution >= 4 is 41.5 Å². The van der Waals surface area contributed by atoms with Crippen molar-refractivity contribution in [1.82, 2.24) is 4.23 Å². The summed E-state index contributed by atoms with van der Waals surface area (Å²) in [5, 5.41) is 4.36. The molecule has 0 unspecified atom stereocenters. The van der Waals surface area contributed by atoms with Gasteiger partial charge in [-0.2, -0.15) is 0 Å². The minimum Gasteiger partial charge on any atom is -0.373 e. The molecule has 1 nitrogen and oxygen atoms in total. The molecule has 0 spiro atoms. The van der Waals surface area contributed by atoms with Gasteiger partial charge in [0.25, 0.3) is 0 Å². The van der Waals surface area contributed by atoms with E-state index in [0.717, 1.165) is 5.02 Å². The van der Waals surface area contributed by atoms with Gasteiger partial charge in [0.2, 0.25) is 0 Å². The highest BCUT2D eigenvalue weighted by Gasteiger charge is 2.46. The highest BCUT2D eigenvalue weighted by molar-refractivity contribution is 6.82. The molecule has 0 amide bonds. The molecule has 3 aromatic carbocycles. The molecule has 0 aliphatic rings. The predicted octanol–water partition coefficient (Wildman–Crippen LogP) is 9.24. The van der Waals surface area contributed by atoms with Crippen molar-refractivity contribution in [2.24, 2.45) is 0 Å². The first-order chi connectivity index (χ1) is 15.7. The third-order valence-corrected chi connectivity index (χ3v) is 14.6. The normalized spacial score (nSPS) is 13.4. The first-order valence-corrected chi connectivity index (χ1v) is 14.5. The molecule has 0 bridgehead atoms. The number of rotatable bonds is 6. The Labute approximate surface area is 204 Å². The van der Waals surface area contributed by atoms with Crippen LogP contribution in [0.1, 0.15) is 58.6 Å². The molecule has 33 heavy (non-hydrogen) atoms. The van der Waals surface area contributed by atoms with Crippen molar-refractivity contribution < 1.29 is 0 Å². The molecule has 0 aliphatic heterocycles. The van der Waals surface area contributed by atoms with E-state index >= 15 is 0 Å². The molecule has 1 heterocycles. The highest BCUT2D eigenvalue weighted by atomic mass is 35.5. The Kier molecular flexibility index (Phi) is 6.49. The Bertz CT molecular complexity index is 1310. The molecule has 0 N–H and O–H groups in total. The Morgan fingerprint density at radius 3 is 2.06 bits per heavy atom. The van der Waals surface area contributed by atoms with Crippen LogP contribution in [0.2, 0.25) is 21.6 Å². The van der Waals surface area contributed by atoms with E-state index in [9.17, 15) is 0 Å². The second-order valence-corrected chi connectivity index (χ2v) is 16.3. The molecule has 0 radical (unpaired) electrons. The monoisotopic (exact) mass is 471 g/mol. The Morgan fingerprint density at radius 1 is 0.788 bits per heavy atom. The number of halogens is 1. The Morgan fingerprint density at radius 2 is 1.42 bits per heavy atom. The van der Waals surface area contributed by atoms with Gasteiger partial charge in [-0.1, -0.05) is 102 Å². The van der Waals surface area contributed by atoms with Gasteiger partial charge in [0.1, 0.15) is 0 Å². The average Bonchev–Trinajstić information content (AvgIpc) is 3.12. The van der Waals surface area contributed by atoms with Gasteiger partial charge < -0.3 is 4.23 Å². The smallest absolute Gasteiger partial charge is 0.169 e. The van der Waals surface area contributed by atoms with Crippen molar-refractivity contribution in [2.75, 3.05) is 0 Å². The second-order valence-electron chi connectivity index (χ2n) is 10.1. The number of fused-ring (bicyclic) bond motifs is 2. The maximum absolute atomic E-state index is 6.54. The van der Waals surface area contributed by atoms with Crippen molar-refractivity contribution in [1.29, 1.82) is 0 Å². The van der Waals surface area contributed by atoms with Crippen LogP contribution in [0.25, 0.3) is 21.7 Å². The third-order valence-electron chi connectivity index (χ3n) is 7.60. The molecule has 0 fully saturated rings. The van der Waals surface area contributed by atoms with Gasteiger partial charge in [0.05, 0.1) is 5.92 Å². The lowest BCUT2D eigenvalue weighted by atomic mass is 9.88. The molecular formula is C30H34ClNSi. The second kappa shape index (κ2) is 9.05. The first kappa shape index (κ1) is 23.7. The SMILES string of the molecule is C#C[C@H](c1cccc2ccccc12)c1cn([Si](C(C)C)(C(C)C)C(C)C)c2ccc(Cl)cc12. The summed E-state index contributed by atoms with van der Waals surface area (Å²) in [5.41, 5.74) is 5.37. The molecule has 4 aromatic rings. The number of nitrogens with zero attached hydrogens (tertiary/aromatic N) is 1. The van der Waals surface area contributed by atoms with Crippen molar-refractivity contribution in [3.63, 3.8) is 0 Å². The topological polar surface area (TPSA) is 4.93 Å². The molecular weight excluding hydrogens is 438 g/mol. The van der Waals surface area contributed by atoms with Gasteiger partial charge in [-0.25, -0.2) is 0 Å². The number of benzene rings is 3. The van der Waals surface area contributed by atoms with Crippen molar-refractivity contribution in [2.45, 2.75) is 64.1 Å². The van der Waals surface area contributed by atoms with Gasteiger partial charge in [-0.3, -0.25) is 0 Å². The summed E-state index contributed by atoms with van der Waals surface area (Å²) in [6, 6.07) is 21.3. The zero-order chi connectivity index (χ0) is 23.9. The predicted molar refractivity (Wildman–Crippen MR) is 148 cm³/mol. The maximum atomic E-state index is 6.54. The van der Waals surface area contributed by atoms with Gasteiger partial charge >= 0.3 is 0 Å². The van der Waals surface area contributed by atoms with Crippen LogP contribution in [0.5, 0.6) is 0 Å². The summed E-state index contributed by atoms with van der Waals surface area (Å²) < 4.78 is 2.66. The summed E-state index contributed by atoms with van der Waals surface area (Å²) in [6.45, 7) is 14.4. The summed E-state index contributed by atoms with van der Waals surface area (Å²) in [6.07, 6.45) is 8.66. The zero-order valence-electron chi connectivity index (χ0n) is 20.6. The number of hydrogen-bond donors (Lipinski definition) is 0. The van der Waals surface area contributed by atoms with E-state index in [2.05, 4.69) is 112 Å². The van der Waals surface area contributed by atoms with E-state index in [1.165, 1.54) is 32.8 Å². The zero-order valence-corrected chi connectivity index (χ0v) is 22.3. The molecule has 0 saturated heterocycles. The number of terminal acetylenes is 1. The Hall–Kier alpha value is -2.47. The fraction of sp³-hybridized carbons (Fsp3) is 0.333.